The van der Waals surface area contributed by atoms with Crippen molar-refractivity contribution in [1.29, 1.82) is 0 Å². The molecule has 0 radical (unpaired) electrons. The monoisotopic (exact) mass is 399 g/mol. The van der Waals surface area contributed by atoms with Gasteiger partial charge < -0.3 is 16.0 Å². The summed E-state index contributed by atoms with van der Waals surface area (Å²) in [5, 5.41) is 3.55. The maximum atomic E-state index is 12.8. The van der Waals surface area contributed by atoms with Crippen molar-refractivity contribution in [3.63, 3.8) is 0 Å². The molecule has 5 nitrogen and oxygen atoms in total. The van der Waals surface area contributed by atoms with Gasteiger partial charge in [0.2, 0.25) is 11.8 Å². The van der Waals surface area contributed by atoms with Crippen LogP contribution < -0.4 is 11.1 Å². The van der Waals surface area contributed by atoms with Crippen LogP contribution in [-0.2, 0) is 15.0 Å². The Morgan fingerprint density at radius 1 is 1.31 bits per heavy atom. The smallest absolute Gasteiger partial charge is 0.225 e. The van der Waals surface area contributed by atoms with Gasteiger partial charge >= 0.3 is 0 Å². The molecule has 2 amide bonds. The summed E-state index contributed by atoms with van der Waals surface area (Å²) in [5.74, 6) is 0.252. The fraction of sp³-hybridized carbons (Fsp3) is 0.579. The van der Waals surface area contributed by atoms with E-state index in [2.05, 4.69) is 11.4 Å². The third-order valence-corrected chi connectivity index (χ3v) is 5.98. The average Bonchev–Trinajstić information content (AvgIpc) is 2.86. The van der Waals surface area contributed by atoms with Crippen LogP contribution in [0.25, 0.3) is 0 Å². The Bertz CT molecular complexity index is 645. The summed E-state index contributed by atoms with van der Waals surface area (Å²) in [7, 11) is 0. The van der Waals surface area contributed by atoms with E-state index in [-0.39, 0.29) is 35.6 Å². The lowest BCUT2D eigenvalue weighted by Crippen LogP contribution is -2.44. The minimum absolute atomic E-state index is 0. The lowest BCUT2D eigenvalue weighted by atomic mass is 9.66. The third kappa shape index (κ3) is 4.51. The van der Waals surface area contributed by atoms with Crippen molar-refractivity contribution >= 4 is 35.8 Å². The summed E-state index contributed by atoms with van der Waals surface area (Å²) < 4.78 is 0. The highest BCUT2D eigenvalue weighted by atomic mass is 35.5. The van der Waals surface area contributed by atoms with Crippen molar-refractivity contribution in [3.8, 4) is 0 Å². The zero-order chi connectivity index (χ0) is 17.9. The number of rotatable bonds is 3. The fourth-order valence-corrected chi connectivity index (χ4v) is 4.28. The minimum atomic E-state index is -0.0853. The maximum absolute atomic E-state index is 12.8. The predicted molar refractivity (Wildman–Crippen MR) is 106 cm³/mol. The number of nitrogens with two attached hydrogens (primary N) is 1. The largest absolute Gasteiger partial charge is 0.354 e. The molecule has 0 unspecified atom stereocenters. The van der Waals surface area contributed by atoms with E-state index < -0.39 is 0 Å². The zero-order valence-electron chi connectivity index (χ0n) is 14.9. The quantitative estimate of drug-likeness (QED) is 0.819. The molecule has 3 N–H and O–H groups in total. The van der Waals surface area contributed by atoms with Crippen molar-refractivity contribution in [2.45, 2.75) is 37.5 Å². The van der Waals surface area contributed by atoms with Crippen LogP contribution in [0, 0.1) is 5.92 Å². The van der Waals surface area contributed by atoms with Gasteiger partial charge in [0.15, 0.2) is 0 Å². The molecule has 0 atom stereocenters. The summed E-state index contributed by atoms with van der Waals surface area (Å²) in [6.07, 6.45) is 3.85. The SMILES string of the molecule is Cl.NC[C@]1(c2cccc(Cl)c2)CC[C@H](C(=O)N2CCNC(=O)CC2)CC1. The number of carbonyl (C=O) groups excluding carboxylic acids is 2. The Kier molecular flexibility index (Phi) is 7.33. The number of amides is 2. The number of hydrogen-bond acceptors (Lipinski definition) is 3. The molecular weight excluding hydrogens is 373 g/mol. The summed E-state index contributed by atoms with van der Waals surface area (Å²) >= 11 is 6.16. The van der Waals surface area contributed by atoms with Gasteiger partial charge in [0.05, 0.1) is 0 Å². The summed E-state index contributed by atoms with van der Waals surface area (Å²) in [5.41, 5.74) is 7.23. The van der Waals surface area contributed by atoms with Gasteiger partial charge in [0, 0.05) is 49.0 Å². The van der Waals surface area contributed by atoms with Gasteiger partial charge in [-0.3, -0.25) is 9.59 Å². The zero-order valence-corrected chi connectivity index (χ0v) is 16.5. The molecule has 1 saturated carbocycles. The molecule has 1 aliphatic heterocycles. The van der Waals surface area contributed by atoms with E-state index in [4.69, 9.17) is 17.3 Å². The van der Waals surface area contributed by atoms with Gasteiger partial charge in [-0.05, 0) is 43.4 Å². The van der Waals surface area contributed by atoms with Gasteiger partial charge in [-0.1, -0.05) is 23.7 Å². The number of halogens is 2. The summed E-state index contributed by atoms with van der Waals surface area (Å²) in [4.78, 5) is 26.1. The van der Waals surface area contributed by atoms with E-state index in [0.29, 0.717) is 32.6 Å². The normalized spacial score (nSPS) is 26.5. The van der Waals surface area contributed by atoms with Crippen LogP contribution in [0.1, 0.15) is 37.7 Å². The van der Waals surface area contributed by atoms with E-state index in [1.807, 2.05) is 23.1 Å². The van der Waals surface area contributed by atoms with Crippen molar-refractivity contribution in [1.82, 2.24) is 10.2 Å². The molecule has 144 valence electrons. The lowest BCUT2D eigenvalue weighted by Gasteiger charge is -2.40. The van der Waals surface area contributed by atoms with Gasteiger partial charge in [0.1, 0.15) is 0 Å². The van der Waals surface area contributed by atoms with Gasteiger partial charge in [-0.25, -0.2) is 0 Å². The third-order valence-electron chi connectivity index (χ3n) is 5.74. The minimum Gasteiger partial charge on any atom is -0.354 e. The second kappa shape index (κ2) is 9.07. The van der Waals surface area contributed by atoms with Crippen LogP contribution in [0.5, 0.6) is 0 Å². The second-order valence-corrected chi connectivity index (χ2v) is 7.63. The first-order valence-corrected chi connectivity index (χ1v) is 9.43. The number of carbonyl (C=O) groups is 2. The van der Waals surface area contributed by atoms with E-state index in [9.17, 15) is 9.59 Å². The molecular formula is C19H27Cl2N3O2. The molecule has 1 saturated heterocycles. The van der Waals surface area contributed by atoms with Crippen LogP contribution in [0.15, 0.2) is 24.3 Å². The molecule has 2 fully saturated rings. The van der Waals surface area contributed by atoms with Crippen molar-refractivity contribution in [2.24, 2.45) is 11.7 Å². The molecule has 0 aromatic heterocycles. The summed E-state index contributed by atoms with van der Waals surface area (Å²) in [6.45, 7) is 2.25. The van der Waals surface area contributed by atoms with Crippen molar-refractivity contribution < 1.29 is 9.59 Å². The number of benzene rings is 1. The first-order chi connectivity index (χ1) is 12.0. The van der Waals surface area contributed by atoms with E-state index >= 15 is 0 Å². The molecule has 1 aromatic rings. The van der Waals surface area contributed by atoms with Crippen LogP contribution in [-0.4, -0.2) is 42.9 Å². The topological polar surface area (TPSA) is 75.4 Å². The standard InChI is InChI=1S/C19H26ClN3O2.ClH/c20-16-3-1-2-15(12-16)19(13-21)7-4-14(5-8-19)18(25)23-10-6-17(24)22-9-11-23;/h1-3,12,14H,4-11,13,21H2,(H,22,24);1H/t14-,19-;. The average molecular weight is 400 g/mol. The molecule has 3 rings (SSSR count). The first-order valence-electron chi connectivity index (χ1n) is 9.06. The Balaban J connectivity index is 0.00000243. The molecule has 1 heterocycles. The van der Waals surface area contributed by atoms with Crippen LogP contribution in [0.2, 0.25) is 5.02 Å². The first kappa shape index (κ1) is 21.0. The van der Waals surface area contributed by atoms with E-state index in [1.165, 1.54) is 5.56 Å². The molecule has 0 spiro atoms. The molecule has 1 aliphatic carbocycles. The van der Waals surface area contributed by atoms with Crippen molar-refractivity contribution in [2.75, 3.05) is 26.2 Å². The van der Waals surface area contributed by atoms with Crippen LogP contribution >= 0.6 is 24.0 Å². The Morgan fingerprint density at radius 3 is 2.69 bits per heavy atom. The van der Waals surface area contributed by atoms with Gasteiger partial charge in [0.25, 0.3) is 0 Å². The molecule has 2 aliphatic rings. The highest BCUT2D eigenvalue weighted by molar-refractivity contribution is 6.30. The predicted octanol–water partition coefficient (Wildman–Crippen LogP) is 2.50. The van der Waals surface area contributed by atoms with Crippen LogP contribution in [0.4, 0.5) is 0 Å². The Hall–Kier alpha value is -1.30. The van der Waals surface area contributed by atoms with E-state index in [0.717, 1.165) is 30.7 Å². The number of hydrogen-bond donors (Lipinski definition) is 2. The number of nitrogens with zero attached hydrogens (tertiary/aromatic N) is 1. The fourth-order valence-electron chi connectivity index (χ4n) is 4.09. The second-order valence-electron chi connectivity index (χ2n) is 7.19. The molecule has 7 heteroatoms. The highest BCUT2D eigenvalue weighted by Crippen LogP contribution is 2.42. The van der Waals surface area contributed by atoms with E-state index in [1.54, 1.807) is 0 Å². The van der Waals surface area contributed by atoms with Gasteiger partial charge in [-0.2, -0.15) is 0 Å². The van der Waals surface area contributed by atoms with Crippen LogP contribution in [0.3, 0.4) is 0 Å². The highest BCUT2D eigenvalue weighted by Gasteiger charge is 2.39. The Labute approximate surface area is 166 Å². The maximum Gasteiger partial charge on any atom is 0.225 e. The van der Waals surface area contributed by atoms with Crippen molar-refractivity contribution in [3.05, 3.63) is 34.9 Å². The van der Waals surface area contributed by atoms with Gasteiger partial charge in [-0.15, -0.1) is 12.4 Å². The number of nitrogens with one attached hydrogen (secondary N) is 1. The molecule has 26 heavy (non-hydrogen) atoms. The lowest BCUT2D eigenvalue weighted by molar-refractivity contribution is -0.136. The molecule has 1 aromatic carbocycles. The molecule has 0 bridgehead atoms. The summed E-state index contributed by atoms with van der Waals surface area (Å²) in [6, 6.07) is 7.93. The Morgan fingerprint density at radius 2 is 2.04 bits per heavy atom.